The van der Waals surface area contributed by atoms with E-state index in [1.165, 1.54) is 11.3 Å². The van der Waals surface area contributed by atoms with Gasteiger partial charge in [0.05, 0.1) is 21.0 Å². The highest BCUT2D eigenvalue weighted by Crippen LogP contribution is 2.38. The largest absolute Gasteiger partial charge is 0.507 e. The molecule has 1 aromatic rings. The average Bonchev–Trinajstić information content (AvgIpc) is 2.55. The van der Waals surface area contributed by atoms with Gasteiger partial charge in [-0.1, -0.05) is 11.6 Å². The van der Waals surface area contributed by atoms with Gasteiger partial charge in [0.15, 0.2) is 5.82 Å². The van der Waals surface area contributed by atoms with Crippen LogP contribution >= 0.6 is 22.9 Å². The molecule has 2 rings (SSSR count). The van der Waals surface area contributed by atoms with Crippen LogP contribution in [0.1, 0.15) is 32.6 Å². The Balaban J connectivity index is 2.35. The zero-order chi connectivity index (χ0) is 13.0. The number of rotatable bonds is 1. The summed E-state index contributed by atoms with van der Waals surface area (Å²) in [6.07, 6.45) is 0. The SMILES string of the molecule is Cc1sc(B2OC(C)(C)C(C)(C)O2)c(Cl)c1F. The van der Waals surface area contributed by atoms with Crippen LogP contribution in [0.3, 0.4) is 0 Å². The summed E-state index contributed by atoms with van der Waals surface area (Å²) < 4.78 is 25.8. The van der Waals surface area contributed by atoms with Crippen molar-refractivity contribution in [3.05, 3.63) is 15.7 Å². The maximum Gasteiger partial charge on any atom is 0.507 e. The molecule has 2 nitrogen and oxygen atoms in total. The zero-order valence-electron chi connectivity index (χ0n) is 10.6. The Morgan fingerprint density at radius 1 is 1.18 bits per heavy atom. The number of halogens is 2. The first-order valence-electron chi connectivity index (χ1n) is 5.45. The van der Waals surface area contributed by atoms with Crippen LogP contribution in [-0.4, -0.2) is 18.3 Å². The monoisotopic (exact) mass is 276 g/mol. The molecule has 0 N–H and O–H groups in total. The summed E-state index contributed by atoms with van der Waals surface area (Å²) in [7, 11) is -0.583. The fourth-order valence-electron chi connectivity index (χ4n) is 1.62. The van der Waals surface area contributed by atoms with E-state index in [1.54, 1.807) is 6.92 Å². The quantitative estimate of drug-likeness (QED) is 0.734. The molecule has 1 aliphatic rings. The van der Waals surface area contributed by atoms with Gasteiger partial charge in [0.2, 0.25) is 0 Å². The topological polar surface area (TPSA) is 18.5 Å². The standard InChI is InChI=1S/C11H15BClFO2S/c1-6-8(14)7(13)9(17-6)12-15-10(2,3)11(4,5)16-12/h1-5H3. The minimum atomic E-state index is -0.583. The molecule has 0 bridgehead atoms. The summed E-state index contributed by atoms with van der Waals surface area (Å²) in [5, 5.41) is 0.117. The average molecular weight is 277 g/mol. The molecule has 6 heteroatoms. The fraction of sp³-hybridized carbons (Fsp3) is 0.636. The predicted octanol–water partition coefficient (Wildman–Crippen LogP) is 3.15. The maximum absolute atomic E-state index is 13.6. The zero-order valence-corrected chi connectivity index (χ0v) is 12.1. The number of hydrogen-bond acceptors (Lipinski definition) is 3. The Labute approximate surface area is 110 Å². The van der Waals surface area contributed by atoms with E-state index in [2.05, 4.69) is 0 Å². The van der Waals surface area contributed by atoms with Crippen molar-refractivity contribution in [2.45, 2.75) is 45.8 Å². The molecule has 1 aromatic heterocycles. The third-order valence-electron chi connectivity index (χ3n) is 3.45. The van der Waals surface area contributed by atoms with E-state index in [0.717, 1.165) is 0 Å². The van der Waals surface area contributed by atoms with Crippen molar-refractivity contribution in [1.82, 2.24) is 0 Å². The van der Waals surface area contributed by atoms with Gasteiger partial charge in [-0.15, -0.1) is 11.3 Å². The van der Waals surface area contributed by atoms with E-state index in [1.807, 2.05) is 27.7 Å². The fourth-order valence-corrected chi connectivity index (χ4v) is 2.91. The summed E-state index contributed by atoms with van der Waals surface area (Å²) in [5.41, 5.74) is -0.870. The molecular weight excluding hydrogens is 261 g/mol. The summed E-state index contributed by atoms with van der Waals surface area (Å²) >= 11 is 7.24. The van der Waals surface area contributed by atoms with E-state index in [0.29, 0.717) is 9.65 Å². The molecule has 1 aliphatic heterocycles. The van der Waals surface area contributed by atoms with Gasteiger partial charge in [0.25, 0.3) is 0 Å². The molecular formula is C11H15BClFO2S. The number of thiophene rings is 1. The molecule has 94 valence electrons. The van der Waals surface area contributed by atoms with Crippen LogP contribution in [0.4, 0.5) is 4.39 Å². The molecule has 0 saturated carbocycles. The van der Waals surface area contributed by atoms with Crippen molar-refractivity contribution in [2.24, 2.45) is 0 Å². The highest BCUT2D eigenvalue weighted by Gasteiger charge is 2.53. The first-order chi connectivity index (χ1) is 7.66. The molecule has 1 fully saturated rings. The van der Waals surface area contributed by atoms with Crippen molar-refractivity contribution in [1.29, 1.82) is 0 Å². The Hall–Kier alpha value is -0.0951. The summed E-state index contributed by atoms with van der Waals surface area (Å²) in [6.45, 7) is 9.52. The first kappa shape index (κ1) is 13.3. The lowest BCUT2D eigenvalue weighted by Crippen LogP contribution is -2.41. The minimum absolute atomic E-state index is 0.117. The van der Waals surface area contributed by atoms with Gasteiger partial charge in [-0.2, -0.15) is 0 Å². The third-order valence-corrected chi connectivity index (χ3v) is 5.03. The van der Waals surface area contributed by atoms with Gasteiger partial charge in [-0.3, -0.25) is 0 Å². The maximum atomic E-state index is 13.6. The summed E-state index contributed by atoms with van der Waals surface area (Å²) in [6, 6.07) is 0. The van der Waals surface area contributed by atoms with Crippen LogP contribution in [0, 0.1) is 12.7 Å². The van der Waals surface area contributed by atoms with E-state index in [9.17, 15) is 4.39 Å². The van der Waals surface area contributed by atoms with Gasteiger partial charge in [-0.05, 0) is 34.6 Å². The summed E-state index contributed by atoms with van der Waals surface area (Å²) in [4.78, 5) is 0.555. The van der Waals surface area contributed by atoms with Crippen LogP contribution in [0.2, 0.25) is 5.02 Å². The molecule has 0 spiro atoms. The second-order valence-electron chi connectivity index (χ2n) is 5.24. The van der Waals surface area contributed by atoms with Crippen molar-refractivity contribution in [2.75, 3.05) is 0 Å². The molecule has 0 amide bonds. The first-order valence-corrected chi connectivity index (χ1v) is 6.65. The Bertz CT molecular complexity index is 443. The molecule has 17 heavy (non-hydrogen) atoms. The second-order valence-corrected chi connectivity index (χ2v) is 6.87. The van der Waals surface area contributed by atoms with Crippen molar-refractivity contribution in [3.63, 3.8) is 0 Å². The Morgan fingerprint density at radius 2 is 1.65 bits per heavy atom. The molecule has 0 aromatic carbocycles. The number of aryl methyl sites for hydroxylation is 1. The van der Waals surface area contributed by atoms with Gasteiger partial charge in [0.1, 0.15) is 0 Å². The Morgan fingerprint density at radius 3 is 2.00 bits per heavy atom. The third kappa shape index (κ3) is 2.03. The highest BCUT2D eigenvalue weighted by atomic mass is 35.5. The van der Waals surface area contributed by atoms with Crippen LogP contribution in [0.5, 0.6) is 0 Å². The van der Waals surface area contributed by atoms with Gasteiger partial charge < -0.3 is 9.31 Å². The lowest BCUT2D eigenvalue weighted by molar-refractivity contribution is 0.00578. The van der Waals surface area contributed by atoms with Crippen LogP contribution in [0.25, 0.3) is 0 Å². The molecule has 2 heterocycles. The number of hydrogen-bond donors (Lipinski definition) is 0. The summed E-state index contributed by atoms with van der Waals surface area (Å²) in [5.74, 6) is -0.374. The van der Waals surface area contributed by atoms with E-state index in [-0.39, 0.29) is 10.8 Å². The van der Waals surface area contributed by atoms with Crippen LogP contribution < -0.4 is 4.78 Å². The van der Waals surface area contributed by atoms with Crippen molar-refractivity contribution < 1.29 is 13.7 Å². The van der Waals surface area contributed by atoms with E-state index < -0.39 is 18.3 Å². The Kier molecular flexibility index (Phi) is 3.10. The molecule has 0 atom stereocenters. The van der Waals surface area contributed by atoms with Gasteiger partial charge in [0, 0.05) is 4.88 Å². The van der Waals surface area contributed by atoms with Gasteiger partial charge in [-0.25, -0.2) is 4.39 Å². The highest BCUT2D eigenvalue weighted by molar-refractivity contribution is 7.23. The van der Waals surface area contributed by atoms with Crippen LogP contribution in [0.15, 0.2) is 0 Å². The van der Waals surface area contributed by atoms with Gasteiger partial charge >= 0.3 is 7.12 Å². The molecule has 0 unspecified atom stereocenters. The lowest BCUT2D eigenvalue weighted by atomic mass is 9.88. The smallest absolute Gasteiger partial charge is 0.399 e. The van der Waals surface area contributed by atoms with Crippen LogP contribution in [-0.2, 0) is 9.31 Å². The molecule has 0 radical (unpaired) electrons. The minimum Gasteiger partial charge on any atom is -0.399 e. The second kappa shape index (κ2) is 3.95. The normalized spacial score (nSPS) is 22.2. The van der Waals surface area contributed by atoms with E-state index >= 15 is 0 Å². The molecule has 0 aliphatic carbocycles. The molecule has 1 saturated heterocycles. The predicted molar refractivity (Wildman–Crippen MR) is 69.7 cm³/mol. The van der Waals surface area contributed by atoms with E-state index in [4.69, 9.17) is 20.9 Å². The van der Waals surface area contributed by atoms with Crippen molar-refractivity contribution >= 4 is 34.8 Å². The van der Waals surface area contributed by atoms with Crippen molar-refractivity contribution in [3.8, 4) is 0 Å². The lowest BCUT2D eigenvalue weighted by Gasteiger charge is -2.32.